The molecule has 0 radical (unpaired) electrons. The molecular weight excluding hydrogens is 236 g/mol. The molecule has 0 aliphatic rings. The highest BCUT2D eigenvalue weighted by Gasteiger charge is 2.14. The molecule has 2 aromatic rings. The maximum atomic E-state index is 8.83. The zero-order valence-corrected chi connectivity index (χ0v) is 10.8. The van der Waals surface area contributed by atoms with Crippen molar-refractivity contribution < 1.29 is 5.11 Å². The van der Waals surface area contributed by atoms with Gasteiger partial charge in [-0.25, -0.2) is 0 Å². The molecule has 1 atom stereocenters. The van der Waals surface area contributed by atoms with E-state index in [4.69, 9.17) is 10.8 Å². The molecule has 0 saturated heterocycles. The van der Waals surface area contributed by atoms with Crippen molar-refractivity contribution >= 4 is 23.3 Å². The molecule has 94 valence electrons. The van der Waals surface area contributed by atoms with Gasteiger partial charge in [0.1, 0.15) is 0 Å². The Labute approximate surface area is 107 Å². The van der Waals surface area contributed by atoms with E-state index >= 15 is 0 Å². The van der Waals surface area contributed by atoms with Crippen LogP contribution >= 0.6 is 12.4 Å². The van der Waals surface area contributed by atoms with Gasteiger partial charge in [-0.2, -0.15) is 0 Å². The molecule has 0 saturated carbocycles. The Bertz CT molecular complexity index is 481. The Morgan fingerprint density at radius 2 is 2.06 bits per heavy atom. The summed E-state index contributed by atoms with van der Waals surface area (Å²) in [6.07, 6.45) is 1.57. The van der Waals surface area contributed by atoms with E-state index in [-0.39, 0.29) is 25.1 Å². The fourth-order valence-electron chi connectivity index (χ4n) is 2.23. The van der Waals surface area contributed by atoms with E-state index in [2.05, 4.69) is 17.1 Å². The molecule has 2 rings (SSSR count). The minimum absolute atomic E-state index is 0. The normalized spacial score (nSPS) is 12.4. The lowest BCUT2D eigenvalue weighted by Crippen LogP contribution is -2.11. The third-order valence-electron chi connectivity index (χ3n) is 2.99. The first-order chi connectivity index (χ1) is 7.74. The summed E-state index contributed by atoms with van der Waals surface area (Å²) in [5.74, 6) is 0. The molecule has 0 bridgehead atoms. The monoisotopic (exact) mass is 254 g/mol. The topological polar surface area (TPSA) is 62.0 Å². The van der Waals surface area contributed by atoms with E-state index in [0.29, 0.717) is 0 Å². The molecule has 4 N–H and O–H groups in total. The number of aromatic nitrogens is 1. The largest absolute Gasteiger partial charge is 0.396 e. The van der Waals surface area contributed by atoms with Gasteiger partial charge in [-0.3, -0.25) is 0 Å². The maximum absolute atomic E-state index is 8.83. The number of nitrogens with one attached hydrogen (secondary N) is 1. The molecule has 1 heterocycles. The Hall–Kier alpha value is -1.03. The van der Waals surface area contributed by atoms with Gasteiger partial charge >= 0.3 is 0 Å². The minimum Gasteiger partial charge on any atom is -0.396 e. The molecular formula is C13H19ClN2O. The third-order valence-corrected chi connectivity index (χ3v) is 2.99. The van der Waals surface area contributed by atoms with Crippen LogP contribution in [0.3, 0.4) is 0 Å². The molecule has 3 nitrogen and oxygen atoms in total. The number of hydrogen-bond donors (Lipinski definition) is 3. The second-order valence-electron chi connectivity index (χ2n) is 4.18. The zero-order valence-electron chi connectivity index (χ0n) is 9.94. The summed E-state index contributed by atoms with van der Waals surface area (Å²) in [6, 6.07) is 8.19. The molecule has 4 heteroatoms. The highest BCUT2D eigenvalue weighted by atomic mass is 35.5. The number of aliphatic hydroxyl groups excluding tert-OH is 1. The fourth-order valence-corrected chi connectivity index (χ4v) is 2.23. The van der Waals surface area contributed by atoms with Crippen LogP contribution in [-0.4, -0.2) is 16.7 Å². The van der Waals surface area contributed by atoms with Crippen molar-refractivity contribution in [2.45, 2.75) is 25.8 Å². The van der Waals surface area contributed by atoms with E-state index < -0.39 is 0 Å². The standard InChI is InChI=1S/C13H18N2O.ClH/c1-9-13(11(14)6-4-8-16)10-5-2-3-7-12(10)15-9;/h2-3,5,7,11,15-16H,4,6,8,14H2,1H3;1H/t11-;/m1./s1. The number of aromatic amines is 1. The lowest BCUT2D eigenvalue weighted by molar-refractivity contribution is 0.280. The van der Waals surface area contributed by atoms with Crippen molar-refractivity contribution in [3.8, 4) is 0 Å². The first kappa shape index (κ1) is 14.0. The quantitative estimate of drug-likeness (QED) is 0.786. The summed E-state index contributed by atoms with van der Waals surface area (Å²) >= 11 is 0. The van der Waals surface area contributed by atoms with E-state index in [1.165, 1.54) is 10.9 Å². The molecule has 0 aliphatic carbocycles. The molecule has 0 aliphatic heterocycles. The molecule has 0 fully saturated rings. The van der Waals surface area contributed by atoms with Crippen molar-refractivity contribution in [2.24, 2.45) is 5.73 Å². The van der Waals surface area contributed by atoms with Crippen LogP contribution in [0, 0.1) is 6.92 Å². The molecule has 0 unspecified atom stereocenters. The summed E-state index contributed by atoms with van der Waals surface area (Å²) < 4.78 is 0. The van der Waals surface area contributed by atoms with Gasteiger partial charge in [0.05, 0.1) is 0 Å². The highest BCUT2D eigenvalue weighted by molar-refractivity contribution is 5.85. The Morgan fingerprint density at radius 1 is 1.35 bits per heavy atom. The van der Waals surface area contributed by atoms with Gasteiger partial charge < -0.3 is 15.8 Å². The van der Waals surface area contributed by atoms with E-state index in [0.717, 1.165) is 24.1 Å². The van der Waals surface area contributed by atoms with Gasteiger partial charge in [0.2, 0.25) is 0 Å². The van der Waals surface area contributed by atoms with Gasteiger partial charge in [0.15, 0.2) is 0 Å². The Morgan fingerprint density at radius 3 is 2.76 bits per heavy atom. The number of para-hydroxylation sites is 1. The Kier molecular flexibility index (Phi) is 5.00. The predicted octanol–water partition coefficient (Wildman–Crippen LogP) is 2.67. The number of halogens is 1. The van der Waals surface area contributed by atoms with Crippen molar-refractivity contribution in [3.63, 3.8) is 0 Å². The minimum atomic E-state index is 0. The summed E-state index contributed by atoms with van der Waals surface area (Å²) in [5, 5.41) is 10.0. The maximum Gasteiger partial charge on any atom is 0.0459 e. The van der Waals surface area contributed by atoms with E-state index in [1.54, 1.807) is 0 Å². The van der Waals surface area contributed by atoms with Crippen LogP contribution in [0.25, 0.3) is 10.9 Å². The van der Waals surface area contributed by atoms with Crippen molar-refractivity contribution in [1.29, 1.82) is 0 Å². The average Bonchev–Trinajstić information content (AvgIpc) is 2.62. The van der Waals surface area contributed by atoms with Gasteiger partial charge in [0.25, 0.3) is 0 Å². The van der Waals surface area contributed by atoms with E-state index in [9.17, 15) is 0 Å². The van der Waals surface area contributed by atoms with Crippen molar-refractivity contribution in [3.05, 3.63) is 35.5 Å². The van der Waals surface area contributed by atoms with Crippen LogP contribution in [0.4, 0.5) is 0 Å². The molecule has 0 amide bonds. The van der Waals surface area contributed by atoms with Crippen LogP contribution < -0.4 is 5.73 Å². The van der Waals surface area contributed by atoms with Gasteiger partial charge in [-0.15, -0.1) is 12.4 Å². The second-order valence-corrected chi connectivity index (χ2v) is 4.18. The molecule has 1 aromatic carbocycles. The fraction of sp³-hybridized carbons (Fsp3) is 0.385. The van der Waals surface area contributed by atoms with Crippen molar-refractivity contribution in [2.75, 3.05) is 6.61 Å². The number of aliphatic hydroxyl groups is 1. The summed E-state index contributed by atoms with van der Waals surface area (Å²) in [5.41, 5.74) is 9.61. The summed E-state index contributed by atoms with van der Waals surface area (Å²) in [7, 11) is 0. The van der Waals surface area contributed by atoms with Gasteiger partial charge in [-0.05, 0) is 31.4 Å². The SMILES string of the molecule is Cc1[nH]c2ccccc2c1[C@H](N)CCCO.Cl. The first-order valence-corrected chi connectivity index (χ1v) is 5.67. The number of rotatable bonds is 4. The van der Waals surface area contributed by atoms with Gasteiger partial charge in [0, 0.05) is 29.2 Å². The predicted molar refractivity (Wildman–Crippen MR) is 73.5 cm³/mol. The summed E-state index contributed by atoms with van der Waals surface area (Å²) in [6.45, 7) is 2.25. The molecule has 1 aromatic heterocycles. The average molecular weight is 255 g/mol. The lowest BCUT2D eigenvalue weighted by Gasteiger charge is -2.11. The van der Waals surface area contributed by atoms with Crippen LogP contribution in [0.1, 0.15) is 30.1 Å². The lowest BCUT2D eigenvalue weighted by atomic mass is 10.00. The smallest absolute Gasteiger partial charge is 0.0459 e. The number of aryl methyl sites for hydroxylation is 1. The number of H-pyrrole nitrogens is 1. The second kappa shape index (κ2) is 6.05. The van der Waals surface area contributed by atoms with E-state index in [1.807, 2.05) is 19.1 Å². The van der Waals surface area contributed by atoms with Crippen LogP contribution in [0.15, 0.2) is 24.3 Å². The number of fused-ring (bicyclic) bond motifs is 1. The van der Waals surface area contributed by atoms with Crippen LogP contribution in [0.2, 0.25) is 0 Å². The number of hydrogen-bond acceptors (Lipinski definition) is 2. The highest BCUT2D eigenvalue weighted by Crippen LogP contribution is 2.28. The molecule has 17 heavy (non-hydrogen) atoms. The van der Waals surface area contributed by atoms with Crippen LogP contribution in [-0.2, 0) is 0 Å². The zero-order chi connectivity index (χ0) is 11.5. The Balaban J connectivity index is 0.00000144. The van der Waals surface area contributed by atoms with Gasteiger partial charge in [-0.1, -0.05) is 18.2 Å². The summed E-state index contributed by atoms with van der Waals surface area (Å²) in [4.78, 5) is 3.34. The third kappa shape index (κ3) is 2.80. The first-order valence-electron chi connectivity index (χ1n) is 5.67. The number of benzene rings is 1. The molecule has 0 spiro atoms. The van der Waals surface area contributed by atoms with Crippen LogP contribution in [0.5, 0.6) is 0 Å². The number of nitrogens with two attached hydrogens (primary N) is 1. The van der Waals surface area contributed by atoms with Crippen molar-refractivity contribution in [1.82, 2.24) is 4.98 Å².